The molecule has 0 saturated heterocycles. The van der Waals surface area contributed by atoms with Crippen LogP contribution in [0.5, 0.6) is 0 Å². The maximum Gasteiger partial charge on any atom is 0.240 e. The number of nitriles is 1. The number of rotatable bonds is 5. The van der Waals surface area contributed by atoms with E-state index in [0.717, 1.165) is 54.1 Å². The van der Waals surface area contributed by atoms with E-state index in [1.165, 1.54) is 18.4 Å². The number of thiophene rings is 1. The first-order chi connectivity index (χ1) is 16.3. The fourth-order valence-corrected chi connectivity index (χ4v) is 6.05. The molecule has 0 amide bonds. The molecule has 2 aromatic carbocycles. The van der Waals surface area contributed by atoms with Gasteiger partial charge in [0.1, 0.15) is 10.9 Å². The van der Waals surface area contributed by atoms with Crippen molar-refractivity contribution < 1.29 is 8.42 Å². The van der Waals surface area contributed by atoms with Gasteiger partial charge >= 0.3 is 0 Å². The fraction of sp³-hybridized carbons (Fsp3) is 0.120. The number of hydrogen-bond acceptors (Lipinski definition) is 6. The predicted octanol–water partition coefficient (Wildman–Crippen LogP) is 5.58. The topological polar surface area (TPSA) is 111 Å². The molecule has 0 aliphatic rings. The van der Waals surface area contributed by atoms with E-state index in [1.54, 1.807) is 30.5 Å². The van der Waals surface area contributed by atoms with E-state index in [4.69, 9.17) is 0 Å². The average Bonchev–Trinajstić information content (AvgIpc) is 3.46. The van der Waals surface area contributed by atoms with Gasteiger partial charge < -0.3 is 10.3 Å². The number of aryl methyl sites for hydroxylation is 2. The molecule has 0 aliphatic carbocycles. The van der Waals surface area contributed by atoms with E-state index in [0.29, 0.717) is 5.56 Å². The van der Waals surface area contributed by atoms with Crippen LogP contribution >= 0.6 is 11.3 Å². The van der Waals surface area contributed by atoms with Gasteiger partial charge in [-0.05, 0) is 67.9 Å². The van der Waals surface area contributed by atoms with Crippen molar-refractivity contribution in [3.63, 3.8) is 0 Å². The van der Waals surface area contributed by atoms with Crippen LogP contribution in [-0.4, -0.2) is 25.4 Å². The van der Waals surface area contributed by atoms with Gasteiger partial charge in [-0.15, -0.1) is 11.3 Å². The molecule has 0 radical (unpaired) electrons. The number of aromatic amines is 1. The third kappa shape index (κ3) is 3.53. The van der Waals surface area contributed by atoms with Crippen LogP contribution in [0, 0.1) is 25.2 Å². The molecule has 170 valence electrons. The van der Waals surface area contributed by atoms with Crippen molar-refractivity contribution in [1.29, 1.82) is 5.26 Å². The quantitative estimate of drug-likeness (QED) is 0.299. The number of nitrogens with zero attached hydrogens (tertiary/aromatic N) is 2. The second-order valence-corrected chi connectivity index (χ2v) is 10.8. The van der Waals surface area contributed by atoms with Crippen molar-refractivity contribution in [3.05, 3.63) is 71.5 Å². The molecule has 0 fully saturated rings. The number of nitrogens with one attached hydrogen (secondary N) is 3. The number of aromatic nitrogens is 2. The smallest absolute Gasteiger partial charge is 0.240 e. The molecule has 3 N–H and O–H groups in total. The molecule has 0 unspecified atom stereocenters. The zero-order valence-electron chi connectivity index (χ0n) is 18.7. The van der Waals surface area contributed by atoms with Crippen molar-refractivity contribution in [2.24, 2.45) is 0 Å². The highest BCUT2D eigenvalue weighted by Gasteiger charge is 2.19. The molecular formula is C25H21N5O2S2. The van der Waals surface area contributed by atoms with Gasteiger partial charge in [0.15, 0.2) is 0 Å². The zero-order chi connectivity index (χ0) is 24.0. The van der Waals surface area contributed by atoms with Gasteiger partial charge in [-0.1, -0.05) is 12.1 Å². The Morgan fingerprint density at radius 2 is 1.82 bits per heavy atom. The molecule has 0 aliphatic heterocycles. The maximum atomic E-state index is 12.1. The molecule has 5 aromatic rings. The first-order valence-corrected chi connectivity index (χ1v) is 12.8. The Balaban J connectivity index is 1.64. The van der Waals surface area contributed by atoms with Crippen molar-refractivity contribution in [2.75, 3.05) is 12.4 Å². The fourth-order valence-electron chi connectivity index (χ4n) is 4.15. The van der Waals surface area contributed by atoms with Gasteiger partial charge in [-0.2, -0.15) is 5.26 Å². The highest BCUT2D eigenvalue weighted by atomic mass is 32.2. The second kappa shape index (κ2) is 8.25. The molecule has 34 heavy (non-hydrogen) atoms. The average molecular weight is 488 g/mol. The van der Waals surface area contributed by atoms with E-state index < -0.39 is 10.0 Å². The molecule has 3 heterocycles. The highest BCUT2D eigenvalue weighted by Crippen LogP contribution is 2.43. The SMILES string of the molecule is CNS(=O)(=O)c1ccc(-c2sc3ncc(C#N)c(Nc4ccc5[nH]ccc5c4C)c3c2C)cc1. The van der Waals surface area contributed by atoms with E-state index in [9.17, 15) is 13.7 Å². The Morgan fingerprint density at radius 1 is 1.06 bits per heavy atom. The standard InChI is InChI=1S/C25H21N5O2S2/c1-14-19-10-11-28-21(19)9-8-20(14)30-23-17(12-26)13-29-25-22(23)15(2)24(33-25)16-4-6-18(7-5-16)34(31,32)27-3/h4-11,13,27-28H,1-3H3,(H,29,30). The van der Waals surface area contributed by atoms with Gasteiger partial charge in [-0.25, -0.2) is 18.1 Å². The predicted molar refractivity (Wildman–Crippen MR) is 137 cm³/mol. The Bertz CT molecular complexity index is 1710. The Morgan fingerprint density at radius 3 is 2.53 bits per heavy atom. The summed E-state index contributed by atoms with van der Waals surface area (Å²) >= 11 is 1.52. The van der Waals surface area contributed by atoms with Crippen molar-refractivity contribution in [3.8, 4) is 16.5 Å². The van der Waals surface area contributed by atoms with Crippen LogP contribution in [0.2, 0.25) is 0 Å². The summed E-state index contributed by atoms with van der Waals surface area (Å²) in [6.45, 7) is 4.05. The zero-order valence-corrected chi connectivity index (χ0v) is 20.4. The number of H-pyrrole nitrogens is 1. The van der Waals surface area contributed by atoms with Crippen LogP contribution in [0.1, 0.15) is 16.7 Å². The number of sulfonamides is 1. The van der Waals surface area contributed by atoms with E-state index in [1.807, 2.05) is 31.3 Å². The minimum atomic E-state index is -3.50. The van der Waals surface area contributed by atoms with Gasteiger partial charge in [-0.3, -0.25) is 0 Å². The number of pyridine rings is 1. The summed E-state index contributed by atoms with van der Waals surface area (Å²) in [5, 5.41) is 15.3. The summed E-state index contributed by atoms with van der Waals surface area (Å²) in [7, 11) is -2.11. The summed E-state index contributed by atoms with van der Waals surface area (Å²) in [5.41, 5.74) is 6.12. The Labute approximate surface area is 201 Å². The minimum absolute atomic E-state index is 0.209. The highest BCUT2D eigenvalue weighted by molar-refractivity contribution is 7.89. The molecular weight excluding hydrogens is 466 g/mol. The lowest BCUT2D eigenvalue weighted by Gasteiger charge is -2.13. The lowest BCUT2D eigenvalue weighted by atomic mass is 10.0. The van der Waals surface area contributed by atoms with Crippen LogP contribution in [0.4, 0.5) is 11.4 Å². The van der Waals surface area contributed by atoms with Crippen LogP contribution in [-0.2, 0) is 10.0 Å². The lowest BCUT2D eigenvalue weighted by molar-refractivity contribution is 0.588. The molecule has 0 spiro atoms. The number of fused-ring (bicyclic) bond motifs is 2. The van der Waals surface area contributed by atoms with Crippen molar-refractivity contribution in [2.45, 2.75) is 18.7 Å². The van der Waals surface area contributed by atoms with Crippen molar-refractivity contribution >= 4 is 53.9 Å². The van der Waals surface area contributed by atoms with Crippen LogP contribution in [0.15, 0.2) is 59.8 Å². The Kier molecular flexibility index (Phi) is 5.37. The summed E-state index contributed by atoms with van der Waals surface area (Å²) in [5.74, 6) is 0. The molecule has 3 aromatic heterocycles. The number of benzene rings is 2. The minimum Gasteiger partial charge on any atom is -0.361 e. The van der Waals surface area contributed by atoms with Crippen LogP contribution in [0.25, 0.3) is 31.6 Å². The van der Waals surface area contributed by atoms with Gasteiger partial charge in [0.25, 0.3) is 0 Å². The molecule has 0 saturated carbocycles. The van der Waals surface area contributed by atoms with E-state index in [2.05, 4.69) is 33.0 Å². The lowest BCUT2D eigenvalue weighted by Crippen LogP contribution is -2.18. The largest absolute Gasteiger partial charge is 0.361 e. The first kappa shape index (κ1) is 22.1. The summed E-state index contributed by atoms with van der Waals surface area (Å²) in [6.07, 6.45) is 3.51. The molecule has 0 atom stereocenters. The van der Waals surface area contributed by atoms with Crippen LogP contribution in [0.3, 0.4) is 0 Å². The third-order valence-electron chi connectivity index (χ3n) is 6.04. The van der Waals surface area contributed by atoms with E-state index in [-0.39, 0.29) is 4.90 Å². The van der Waals surface area contributed by atoms with Gasteiger partial charge in [0.05, 0.1) is 16.1 Å². The van der Waals surface area contributed by atoms with Crippen molar-refractivity contribution in [1.82, 2.24) is 14.7 Å². The third-order valence-corrected chi connectivity index (χ3v) is 8.72. The van der Waals surface area contributed by atoms with E-state index >= 15 is 0 Å². The summed E-state index contributed by atoms with van der Waals surface area (Å²) in [4.78, 5) is 9.76. The molecule has 7 nitrogen and oxygen atoms in total. The number of hydrogen-bond donors (Lipinski definition) is 3. The monoisotopic (exact) mass is 487 g/mol. The number of anilines is 2. The van der Waals surface area contributed by atoms with Gasteiger partial charge in [0, 0.05) is 39.2 Å². The molecule has 5 rings (SSSR count). The normalized spacial score (nSPS) is 11.7. The molecule has 9 heteroatoms. The summed E-state index contributed by atoms with van der Waals surface area (Å²) < 4.78 is 26.5. The Hall–Kier alpha value is -3.71. The summed E-state index contributed by atoms with van der Waals surface area (Å²) in [6, 6.07) is 15.1. The first-order valence-electron chi connectivity index (χ1n) is 10.5. The maximum absolute atomic E-state index is 12.1. The molecule has 0 bridgehead atoms. The van der Waals surface area contributed by atoms with Gasteiger partial charge in [0.2, 0.25) is 10.0 Å². The second-order valence-electron chi connectivity index (χ2n) is 7.93. The van der Waals surface area contributed by atoms with Crippen LogP contribution < -0.4 is 10.0 Å².